The number of thioether (sulfide) groups is 1. The molecule has 30 heteroatoms. The Morgan fingerprint density at radius 3 is 1.74 bits per heavy atom. The average molecular weight is 1080 g/mol. The van der Waals surface area contributed by atoms with Crippen LogP contribution in [0.4, 0.5) is 0 Å². The Kier molecular flexibility index (Phi) is 26.3. The van der Waals surface area contributed by atoms with Gasteiger partial charge in [-0.1, -0.05) is 27.7 Å². The minimum Gasteiger partial charge on any atom is -0.480 e. The molecule has 0 spiro atoms. The monoisotopic (exact) mass is 1070 g/mol. The highest BCUT2D eigenvalue weighted by Gasteiger charge is 2.66. The van der Waals surface area contributed by atoms with E-state index in [1.807, 2.05) is 0 Å². The van der Waals surface area contributed by atoms with Crippen molar-refractivity contribution in [2.75, 3.05) is 39.2 Å². The summed E-state index contributed by atoms with van der Waals surface area (Å²) < 4.78 is 10.7. The molecule has 2 aliphatic heterocycles. The number of carbonyl (C=O) groups excluding carboxylic acids is 9. The number of hydrogen-bond acceptors (Lipinski definition) is 20. The van der Waals surface area contributed by atoms with Gasteiger partial charge in [-0.25, -0.2) is 4.79 Å². The van der Waals surface area contributed by atoms with Gasteiger partial charge in [0, 0.05) is 31.3 Å². The second kappa shape index (κ2) is 30.4. The fourth-order valence-electron chi connectivity index (χ4n) is 7.62. The molecule has 0 aromatic heterocycles. The molecule has 2 rings (SSSR count). The highest BCUT2D eigenvalue weighted by molar-refractivity contribution is 8.00. The summed E-state index contributed by atoms with van der Waals surface area (Å²) in [5, 5.41) is 53.6. The molecule has 10 atom stereocenters. The van der Waals surface area contributed by atoms with Crippen molar-refractivity contribution in [3.8, 4) is 0 Å². The van der Waals surface area contributed by atoms with E-state index in [4.69, 9.17) is 43.2 Å². The van der Waals surface area contributed by atoms with Crippen LogP contribution in [0, 0.1) is 11.8 Å². The summed E-state index contributed by atoms with van der Waals surface area (Å²) in [6, 6.07) is -9.23. The number of rotatable bonds is 34. The molecular weight excluding hydrogens is 1000 g/mol. The summed E-state index contributed by atoms with van der Waals surface area (Å²) >= 11 is 0.975. The van der Waals surface area contributed by atoms with Gasteiger partial charge in [0.15, 0.2) is 0 Å². The lowest BCUT2D eigenvalue weighted by Crippen LogP contribution is -2.80. The van der Waals surface area contributed by atoms with Crippen molar-refractivity contribution in [1.29, 1.82) is 0 Å². The zero-order chi connectivity index (χ0) is 56.2. The molecule has 0 saturated carbocycles. The van der Waals surface area contributed by atoms with Crippen molar-refractivity contribution in [2.24, 2.45) is 40.5 Å². The molecule has 29 nitrogen and oxygen atoms in total. The third kappa shape index (κ3) is 18.1. The van der Waals surface area contributed by atoms with E-state index in [0.29, 0.717) is 6.42 Å². The van der Waals surface area contributed by atoms with Gasteiger partial charge < -0.3 is 90.5 Å². The van der Waals surface area contributed by atoms with Gasteiger partial charge in [0.1, 0.15) is 53.9 Å². The van der Waals surface area contributed by atoms with Crippen LogP contribution in [0.5, 0.6) is 0 Å². The SMILES string of the molecule is CO[C@@]1(NC(=O)CCC[C@H](N)C(=O)O)C(=O)N2C(C(=O)O)=C(COC(=O)CC(O)C(CC(N)=O)NC(=O)C(NC(=O)C(CCCN)NC(=O)C(NC(=O)C(CCCN)NC(=O)C(N)CO)C(C)C)C(C)C)CSC21. The van der Waals surface area contributed by atoms with E-state index in [1.165, 1.54) is 0 Å². The van der Waals surface area contributed by atoms with Crippen molar-refractivity contribution in [3.63, 3.8) is 0 Å². The van der Waals surface area contributed by atoms with Crippen molar-refractivity contribution in [1.82, 2.24) is 36.8 Å². The van der Waals surface area contributed by atoms with Gasteiger partial charge in [0.05, 0.1) is 25.2 Å². The van der Waals surface area contributed by atoms with Crippen molar-refractivity contribution < 1.29 is 82.6 Å². The normalized spacial score (nSPS) is 19.5. The lowest BCUT2D eigenvalue weighted by atomic mass is 9.97. The molecule has 8 unspecified atom stereocenters. The highest BCUT2D eigenvalue weighted by Crippen LogP contribution is 2.46. The molecule has 8 amide bonds. The minimum absolute atomic E-state index is 0.0294. The van der Waals surface area contributed by atoms with Crippen LogP contribution >= 0.6 is 11.8 Å². The summed E-state index contributed by atoms with van der Waals surface area (Å²) in [5.74, 6) is -12.2. The Bertz CT molecular complexity index is 2080. The summed E-state index contributed by atoms with van der Waals surface area (Å²) in [4.78, 5) is 143. The quantitative estimate of drug-likeness (QED) is 0.0162. The Morgan fingerprint density at radius 2 is 1.28 bits per heavy atom. The molecule has 0 radical (unpaired) electrons. The number of esters is 1. The van der Waals surface area contributed by atoms with Gasteiger partial charge in [-0.05, 0) is 63.5 Å². The first-order valence-corrected chi connectivity index (χ1v) is 24.9. The number of aliphatic carboxylic acids is 2. The first-order chi connectivity index (χ1) is 34.7. The second-order valence-corrected chi connectivity index (χ2v) is 19.4. The number of β-lactam (4-membered cyclic amide) rings is 1. The standard InChI is InChI=1S/C44H74N12O17S/c1-20(2)32(53-36(63)25(10-7-13-45)50-35(62)24(48)17-57)38(65)51-26(11-8-14-46)37(64)54-33(21(3)4)39(66)52-27(15-29(49)59)28(58)16-31(61)73-18-22-19-74-43-44(72-5,42(71)56(43)34(22)41(69)70)55-30(60)12-6-9-23(47)40(67)68/h20-21,23-28,32-33,43,57-58H,6-19,45-48H2,1-5H3,(H2,49,59)(H,50,62)(H,51,65)(H,52,66)(H,53,63)(H,54,64)(H,55,60)(H,67,68)(H,69,70)/t23-,24?,25?,26?,27?,28?,32?,33?,43?,44-/m0/s1. The molecule has 74 heavy (non-hydrogen) atoms. The van der Waals surface area contributed by atoms with E-state index in [9.17, 15) is 68.1 Å². The third-order valence-electron chi connectivity index (χ3n) is 11.9. The molecular formula is C44H74N12O17S. The predicted molar refractivity (Wildman–Crippen MR) is 261 cm³/mol. The van der Waals surface area contributed by atoms with Gasteiger partial charge in [-0.15, -0.1) is 11.8 Å². The summed E-state index contributed by atoms with van der Waals surface area (Å²) in [5.41, 5.74) is 25.3. The number of fused-ring (bicyclic) bond motifs is 1. The zero-order valence-corrected chi connectivity index (χ0v) is 42.9. The number of carbonyl (C=O) groups is 11. The topological polar surface area (TPSA) is 493 Å². The number of amides is 8. The zero-order valence-electron chi connectivity index (χ0n) is 42.1. The van der Waals surface area contributed by atoms with E-state index in [-0.39, 0.29) is 62.9 Å². The maximum Gasteiger partial charge on any atom is 0.352 e. The lowest BCUT2D eigenvalue weighted by molar-refractivity contribution is -0.192. The van der Waals surface area contributed by atoms with E-state index in [0.717, 1.165) is 23.8 Å². The number of carboxylic acid groups (broad SMARTS) is 2. The number of carboxylic acids is 2. The number of nitrogens with zero attached hydrogens (tertiary/aromatic N) is 1. The largest absolute Gasteiger partial charge is 0.480 e. The maximum atomic E-state index is 13.9. The smallest absolute Gasteiger partial charge is 0.352 e. The highest BCUT2D eigenvalue weighted by atomic mass is 32.2. The van der Waals surface area contributed by atoms with Gasteiger partial charge in [0.25, 0.3) is 11.6 Å². The summed E-state index contributed by atoms with van der Waals surface area (Å²) in [6.07, 6.45) is -3.08. The molecule has 0 aromatic carbocycles. The molecule has 20 N–H and O–H groups in total. The van der Waals surface area contributed by atoms with Crippen molar-refractivity contribution in [2.45, 2.75) is 145 Å². The Labute approximate surface area is 431 Å². The molecule has 1 saturated heterocycles. The number of methoxy groups -OCH3 is 1. The fraction of sp³-hybridized carbons (Fsp3) is 0.705. The Morgan fingerprint density at radius 1 is 0.757 bits per heavy atom. The number of nitrogens with one attached hydrogen (secondary N) is 6. The van der Waals surface area contributed by atoms with Crippen LogP contribution in [0.25, 0.3) is 0 Å². The molecule has 0 aromatic rings. The molecule has 2 heterocycles. The molecule has 2 aliphatic rings. The lowest BCUT2D eigenvalue weighted by Gasteiger charge is -2.55. The maximum absolute atomic E-state index is 13.9. The molecule has 1 fully saturated rings. The average Bonchev–Trinajstić information content (AvgIpc) is 3.33. The second-order valence-electron chi connectivity index (χ2n) is 18.4. The van der Waals surface area contributed by atoms with E-state index < -0.39 is 168 Å². The van der Waals surface area contributed by atoms with Crippen LogP contribution < -0.4 is 60.6 Å². The van der Waals surface area contributed by atoms with Crippen LogP contribution in [0.15, 0.2) is 11.3 Å². The number of nitrogens with two attached hydrogens (primary N) is 5. The molecule has 0 bridgehead atoms. The van der Waals surface area contributed by atoms with Gasteiger partial charge in [-0.3, -0.25) is 52.8 Å². The first kappa shape index (κ1) is 64.1. The number of aliphatic hydroxyl groups is 2. The van der Waals surface area contributed by atoms with Crippen LogP contribution in [-0.2, 0) is 62.2 Å². The number of hydrogen-bond donors (Lipinski definition) is 15. The third-order valence-corrected chi connectivity index (χ3v) is 13.3. The summed E-state index contributed by atoms with van der Waals surface area (Å²) in [6.45, 7) is 5.22. The minimum atomic E-state index is -1.97. The van der Waals surface area contributed by atoms with Crippen LogP contribution in [0.2, 0.25) is 0 Å². The van der Waals surface area contributed by atoms with Gasteiger partial charge in [0.2, 0.25) is 41.4 Å². The summed E-state index contributed by atoms with van der Waals surface area (Å²) in [7, 11) is 1.13. The van der Waals surface area contributed by atoms with Gasteiger partial charge in [-0.2, -0.15) is 0 Å². The van der Waals surface area contributed by atoms with Crippen LogP contribution in [-0.4, -0.2) is 189 Å². The number of ether oxygens (including phenoxy) is 2. The van der Waals surface area contributed by atoms with E-state index >= 15 is 0 Å². The number of primary amides is 1. The Balaban J connectivity index is 2.20. The van der Waals surface area contributed by atoms with Crippen molar-refractivity contribution >= 4 is 76.9 Å². The van der Waals surface area contributed by atoms with Crippen LogP contribution in [0.3, 0.4) is 0 Å². The first-order valence-electron chi connectivity index (χ1n) is 23.9. The molecule has 418 valence electrons. The fourth-order valence-corrected chi connectivity index (χ4v) is 9.04. The van der Waals surface area contributed by atoms with Gasteiger partial charge >= 0.3 is 17.9 Å². The van der Waals surface area contributed by atoms with E-state index in [2.05, 4.69) is 31.9 Å². The number of aliphatic hydroxyl groups excluding tert-OH is 2. The Hall–Kier alpha value is -6.02. The predicted octanol–water partition coefficient (Wildman–Crippen LogP) is -6.02. The van der Waals surface area contributed by atoms with Crippen molar-refractivity contribution in [3.05, 3.63) is 11.3 Å². The molecule has 0 aliphatic carbocycles. The van der Waals surface area contributed by atoms with E-state index in [1.54, 1.807) is 27.7 Å². The van der Waals surface area contributed by atoms with Crippen LogP contribution in [0.1, 0.15) is 85.5 Å².